The summed E-state index contributed by atoms with van der Waals surface area (Å²) in [5, 5.41) is 10.8. The van der Waals surface area contributed by atoms with Crippen LogP contribution >= 0.6 is 24.8 Å². The Morgan fingerprint density at radius 1 is 1.35 bits per heavy atom. The largest absolute Gasteiger partial charge is 0.343 e. The second-order valence-electron chi connectivity index (χ2n) is 7.48. The number of aromatic nitrogens is 2. The first-order valence-corrected chi connectivity index (χ1v) is 9.07. The average Bonchev–Trinajstić information content (AvgIpc) is 3.26. The minimum absolute atomic E-state index is 0. The van der Waals surface area contributed by atoms with Gasteiger partial charge in [0.25, 0.3) is 0 Å². The van der Waals surface area contributed by atoms with Gasteiger partial charge in [-0.1, -0.05) is 18.0 Å². The minimum atomic E-state index is -0.431. The summed E-state index contributed by atoms with van der Waals surface area (Å²) in [6.45, 7) is 2.73. The summed E-state index contributed by atoms with van der Waals surface area (Å²) < 4.78 is 5.37. The highest BCUT2D eigenvalue weighted by molar-refractivity contribution is 5.85. The molecule has 3 rings (SSSR count). The molecule has 1 saturated heterocycles. The number of carbonyl (C=O) groups excluding carboxylic acids is 1. The Balaban J connectivity index is 0.00000169. The molecule has 2 aliphatic rings. The zero-order valence-electron chi connectivity index (χ0n) is 15.6. The van der Waals surface area contributed by atoms with Crippen LogP contribution < -0.4 is 10.6 Å². The molecule has 0 bridgehead atoms. The van der Waals surface area contributed by atoms with Crippen LogP contribution in [0.2, 0.25) is 0 Å². The smallest absolute Gasteiger partial charge is 0.240 e. The lowest BCUT2D eigenvalue weighted by Gasteiger charge is -2.27. The lowest BCUT2D eigenvalue weighted by atomic mass is 9.95. The summed E-state index contributed by atoms with van der Waals surface area (Å²) in [6.07, 6.45) is 6.67. The van der Waals surface area contributed by atoms with Crippen molar-refractivity contribution >= 4 is 30.7 Å². The van der Waals surface area contributed by atoms with Crippen molar-refractivity contribution < 1.29 is 9.32 Å². The fourth-order valence-corrected chi connectivity index (χ4v) is 3.79. The standard InChI is InChI=1S/C17H29N5O2.2ClH/c1-22(2)12-15-19-16(21-24-15)17(8-3-4-9-17)20-14(23)6-5-13-7-10-18-11-13;;/h13,18H,3-12H2,1-2H3,(H,20,23);2*1H. The average molecular weight is 408 g/mol. The molecule has 1 aromatic rings. The number of hydrogen-bond acceptors (Lipinski definition) is 6. The van der Waals surface area contributed by atoms with E-state index in [2.05, 4.69) is 20.8 Å². The second-order valence-corrected chi connectivity index (χ2v) is 7.48. The summed E-state index contributed by atoms with van der Waals surface area (Å²) in [7, 11) is 3.93. The van der Waals surface area contributed by atoms with Gasteiger partial charge in [-0.25, -0.2) is 0 Å². The molecule has 1 aliphatic carbocycles. The van der Waals surface area contributed by atoms with E-state index in [0.29, 0.717) is 30.6 Å². The molecule has 1 atom stereocenters. The van der Waals surface area contributed by atoms with Crippen molar-refractivity contribution in [1.82, 2.24) is 25.7 Å². The Kier molecular flexibility index (Phi) is 9.30. The van der Waals surface area contributed by atoms with Crippen LogP contribution in [0.1, 0.15) is 56.7 Å². The number of halogens is 2. The van der Waals surface area contributed by atoms with E-state index >= 15 is 0 Å². The van der Waals surface area contributed by atoms with Crippen molar-refractivity contribution in [1.29, 1.82) is 0 Å². The van der Waals surface area contributed by atoms with Gasteiger partial charge in [0, 0.05) is 6.42 Å². The van der Waals surface area contributed by atoms with Crippen LogP contribution in [0.3, 0.4) is 0 Å². The van der Waals surface area contributed by atoms with Gasteiger partial charge >= 0.3 is 0 Å². The third kappa shape index (κ3) is 5.81. The van der Waals surface area contributed by atoms with E-state index in [4.69, 9.17) is 4.52 Å². The summed E-state index contributed by atoms with van der Waals surface area (Å²) in [5.74, 6) is 2.00. The monoisotopic (exact) mass is 407 g/mol. The maximum absolute atomic E-state index is 12.5. The maximum Gasteiger partial charge on any atom is 0.240 e. The molecular weight excluding hydrogens is 377 g/mol. The van der Waals surface area contributed by atoms with Gasteiger partial charge in [0.2, 0.25) is 11.8 Å². The Labute approximate surface area is 167 Å². The second kappa shape index (κ2) is 10.4. The Morgan fingerprint density at radius 2 is 2.08 bits per heavy atom. The van der Waals surface area contributed by atoms with Gasteiger partial charge in [0.05, 0.1) is 6.54 Å². The summed E-state index contributed by atoms with van der Waals surface area (Å²) in [5.41, 5.74) is -0.431. The SMILES string of the molecule is CN(C)Cc1nc(C2(NC(=O)CCC3CCNC3)CCCC2)no1.Cl.Cl. The van der Waals surface area contributed by atoms with Gasteiger partial charge in [-0.15, -0.1) is 24.8 Å². The van der Waals surface area contributed by atoms with E-state index in [0.717, 1.165) is 45.2 Å². The molecular formula is C17H31Cl2N5O2. The number of carbonyl (C=O) groups is 1. The normalized spacial score (nSPS) is 21.3. The molecule has 7 nitrogen and oxygen atoms in total. The van der Waals surface area contributed by atoms with Crippen LogP contribution in [0.15, 0.2) is 4.52 Å². The Hall–Kier alpha value is -0.890. The molecule has 2 fully saturated rings. The van der Waals surface area contributed by atoms with Gasteiger partial charge in [-0.3, -0.25) is 4.79 Å². The summed E-state index contributed by atoms with van der Waals surface area (Å²) in [4.78, 5) is 19.0. The molecule has 1 aliphatic heterocycles. The van der Waals surface area contributed by atoms with E-state index in [-0.39, 0.29) is 30.7 Å². The molecule has 2 heterocycles. The van der Waals surface area contributed by atoms with Crippen LogP contribution in [0, 0.1) is 5.92 Å². The maximum atomic E-state index is 12.5. The summed E-state index contributed by atoms with van der Waals surface area (Å²) in [6, 6.07) is 0. The molecule has 0 aromatic carbocycles. The molecule has 2 N–H and O–H groups in total. The zero-order valence-corrected chi connectivity index (χ0v) is 17.3. The highest BCUT2D eigenvalue weighted by Crippen LogP contribution is 2.37. The van der Waals surface area contributed by atoms with Crippen LogP contribution in [0.4, 0.5) is 0 Å². The molecule has 9 heteroatoms. The predicted octanol–water partition coefficient (Wildman–Crippen LogP) is 2.25. The van der Waals surface area contributed by atoms with Gasteiger partial charge in [0.15, 0.2) is 5.82 Å². The molecule has 1 amide bonds. The van der Waals surface area contributed by atoms with E-state index < -0.39 is 5.54 Å². The van der Waals surface area contributed by atoms with Gasteiger partial charge < -0.3 is 20.1 Å². The number of rotatable bonds is 7. The van der Waals surface area contributed by atoms with E-state index in [1.165, 1.54) is 6.42 Å². The lowest BCUT2D eigenvalue weighted by molar-refractivity contribution is -0.123. The highest BCUT2D eigenvalue weighted by Gasteiger charge is 2.41. The summed E-state index contributed by atoms with van der Waals surface area (Å²) >= 11 is 0. The van der Waals surface area contributed by atoms with Gasteiger partial charge in [0.1, 0.15) is 5.54 Å². The van der Waals surface area contributed by atoms with Crippen molar-refractivity contribution in [3.05, 3.63) is 11.7 Å². The van der Waals surface area contributed by atoms with Gasteiger partial charge in [-0.2, -0.15) is 4.98 Å². The zero-order chi connectivity index (χ0) is 17.0. The molecule has 1 aromatic heterocycles. The van der Waals surface area contributed by atoms with Crippen LogP contribution in [-0.2, 0) is 16.9 Å². The first kappa shape index (κ1) is 23.1. The number of nitrogens with zero attached hydrogens (tertiary/aromatic N) is 3. The van der Waals surface area contributed by atoms with Crippen LogP contribution in [-0.4, -0.2) is 48.1 Å². The molecule has 0 radical (unpaired) electrons. The van der Waals surface area contributed by atoms with E-state index in [1.54, 1.807) is 0 Å². The fourth-order valence-electron chi connectivity index (χ4n) is 3.79. The molecule has 1 unspecified atom stereocenters. The number of nitrogens with one attached hydrogen (secondary N) is 2. The lowest BCUT2D eigenvalue weighted by Crippen LogP contribution is -2.44. The molecule has 0 spiro atoms. The van der Waals surface area contributed by atoms with Crippen molar-refractivity contribution in [3.63, 3.8) is 0 Å². The highest BCUT2D eigenvalue weighted by atomic mass is 35.5. The van der Waals surface area contributed by atoms with Crippen molar-refractivity contribution in [2.45, 2.75) is 57.0 Å². The van der Waals surface area contributed by atoms with Gasteiger partial charge in [-0.05, 0) is 58.8 Å². The van der Waals surface area contributed by atoms with Crippen molar-refractivity contribution in [2.75, 3.05) is 27.2 Å². The third-order valence-corrected chi connectivity index (χ3v) is 5.13. The fraction of sp³-hybridized carbons (Fsp3) is 0.824. The van der Waals surface area contributed by atoms with Crippen LogP contribution in [0.5, 0.6) is 0 Å². The van der Waals surface area contributed by atoms with E-state index in [9.17, 15) is 4.79 Å². The molecule has 26 heavy (non-hydrogen) atoms. The molecule has 1 saturated carbocycles. The Morgan fingerprint density at radius 3 is 2.69 bits per heavy atom. The first-order valence-electron chi connectivity index (χ1n) is 9.07. The predicted molar refractivity (Wildman–Crippen MR) is 105 cm³/mol. The van der Waals surface area contributed by atoms with Crippen molar-refractivity contribution in [3.8, 4) is 0 Å². The first-order chi connectivity index (χ1) is 11.6. The quantitative estimate of drug-likeness (QED) is 0.720. The van der Waals surface area contributed by atoms with Crippen LogP contribution in [0.25, 0.3) is 0 Å². The minimum Gasteiger partial charge on any atom is -0.343 e. The van der Waals surface area contributed by atoms with E-state index in [1.807, 2.05) is 19.0 Å². The molecule has 150 valence electrons. The van der Waals surface area contributed by atoms with Crippen molar-refractivity contribution in [2.24, 2.45) is 5.92 Å². The Bertz CT molecular complexity index is 555. The topological polar surface area (TPSA) is 83.3 Å². The number of amides is 1. The third-order valence-electron chi connectivity index (χ3n) is 5.13. The number of hydrogen-bond donors (Lipinski definition) is 2.